The van der Waals surface area contributed by atoms with Gasteiger partial charge in [0.15, 0.2) is 0 Å². The number of rotatable bonds is 27. The Bertz CT molecular complexity index is 263. The number of ether oxygens (including phenoxy) is 6. The van der Waals surface area contributed by atoms with E-state index in [1.807, 2.05) is 6.92 Å². The molecule has 6 nitrogen and oxygen atoms in total. The quantitative estimate of drug-likeness (QED) is 0.169. The van der Waals surface area contributed by atoms with Gasteiger partial charge in [-0.2, -0.15) is 0 Å². The highest BCUT2D eigenvalue weighted by Gasteiger charge is 1.95. The Morgan fingerprint density at radius 1 is 0.300 bits per heavy atom. The van der Waals surface area contributed by atoms with Crippen LogP contribution in [-0.2, 0) is 28.4 Å². The van der Waals surface area contributed by atoms with Crippen LogP contribution >= 0.6 is 0 Å². The minimum absolute atomic E-state index is 0.580. The summed E-state index contributed by atoms with van der Waals surface area (Å²) < 4.78 is 32.5. The summed E-state index contributed by atoms with van der Waals surface area (Å²) in [4.78, 5) is 0. The molecule has 30 heavy (non-hydrogen) atoms. The smallest absolute Gasteiger partial charge is 0.0701 e. The molecule has 0 aliphatic rings. The fourth-order valence-corrected chi connectivity index (χ4v) is 2.94. The van der Waals surface area contributed by atoms with Gasteiger partial charge in [0.1, 0.15) is 0 Å². The summed E-state index contributed by atoms with van der Waals surface area (Å²) in [6, 6.07) is 0. The van der Waals surface area contributed by atoms with E-state index in [0.29, 0.717) is 66.1 Å². The summed E-state index contributed by atoms with van der Waals surface area (Å²) in [6.45, 7) is 11.9. The topological polar surface area (TPSA) is 55.4 Å². The molecule has 6 heteroatoms. The molecule has 0 aliphatic carbocycles. The van der Waals surface area contributed by atoms with Crippen molar-refractivity contribution in [1.29, 1.82) is 0 Å². The first-order valence-corrected chi connectivity index (χ1v) is 12.4. The zero-order valence-electron chi connectivity index (χ0n) is 20.0. The van der Waals surface area contributed by atoms with Crippen LogP contribution in [0.15, 0.2) is 0 Å². The normalized spacial score (nSPS) is 11.4. The molecular formula is C24H50O6. The van der Waals surface area contributed by atoms with E-state index in [9.17, 15) is 0 Å². The second-order valence-electron chi connectivity index (χ2n) is 7.44. The van der Waals surface area contributed by atoms with Gasteiger partial charge in [-0.25, -0.2) is 0 Å². The van der Waals surface area contributed by atoms with Gasteiger partial charge in [0.2, 0.25) is 0 Å². The number of hydrogen-bond donors (Lipinski definition) is 0. The molecule has 0 aromatic rings. The van der Waals surface area contributed by atoms with Crippen molar-refractivity contribution in [2.24, 2.45) is 0 Å². The highest BCUT2D eigenvalue weighted by molar-refractivity contribution is 4.47. The van der Waals surface area contributed by atoms with Crippen molar-refractivity contribution in [1.82, 2.24) is 0 Å². The molecule has 0 heterocycles. The van der Waals surface area contributed by atoms with Gasteiger partial charge >= 0.3 is 0 Å². The van der Waals surface area contributed by atoms with E-state index in [2.05, 4.69) is 6.92 Å². The summed E-state index contributed by atoms with van der Waals surface area (Å²) in [5.41, 5.74) is 0. The third-order valence-corrected chi connectivity index (χ3v) is 4.71. The van der Waals surface area contributed by atoms with E-state index in [1.165, 1.54) is 57.8 Å². The summed E-state index contributed by atoms with van der Waals surface area (Å²) in [7, 11) is 0. The van der Waals surface area contributed by atoms with Crippen LogP contribution < -0.4 is 0 Å². The molecule has 0 atom stereocenters. The lowest BCUT2D eigenvalue weighted by Gasteiger charge is -2.08. The molecular weight excluding hydrogens is 384 g/mol. The standard InChI is InChI=1S/C24H50O6/c1-3-5-6-7-8-9-10-11-12-13-14-26-17-18-28-21-22-30-24-23-29-20-19-27-16-15-25-4-2/h3-24H2,1-2H3. The fraction of sp³-hybridized carbons (Fsp3) is 1.00. The van der Waals surface area contributed by atoms with Crippen molar-refractivity contribution >= 4 is 0 Å². The van der Waals surface area contributed by atoms with Gasteiger partial charge in [-0.1, -0.05) is 64.7 Å². The average Bonchev–Trinajstić information content (AvgIpc) is 2.76. The Morgan fingerprint density at radius 2 is 0.600 bits per heavy atom. The van der Waals surface area contributed by atoms with E-state index < -0.39 is 0 Å². The van der Waals surface area contributed by atoms with Crippen LogP contribution in [0.25, 0.3) is 0 Å². The second-order valence-corrected chi connectivity index (χ2v) is 7.44. The molecule has 0 fully saturated rings. The molecule has 0 amide bonds. The summed E-state index contributed by atoms with van der Waals surface area (Å²) in [5, 5.41) is 0. The fourth-order valence-electron chi connectivity index (χ4n) is 2.94. The first kappa shape index (κ1) is 29.8. The Labute approximate surface area is 186 Å². The maximum absolute atomic E-state index is 5.61. The average molecular weight is 435 g/mol. The van der Waals surface area contributed by atoms with Crippen molar-refractivity contribution < 1.29 is 28.4 Å². The van der Waals surface area contributed by atoms with Gasteiger partial charge < -0.3 is 28.4 Å². The molecule has 0 aromatic carbocycles. The molecule has 0 spiro atoms. The molecule has 0 aromatic heterocycles. The van der Waals surface area contributed by atoms with Gasteiger partial charge in [0, 0.05) is 13.2 Å². The van der Waals surface area contributed by atoms with Gasteiger partial charge in [-0.05, 0) is 13.3 Å². The third-order valence-electron chi connectivity index (χ3n) is 4.71. The molecule has 0 bridgehead atoms. The monoisotopic (exact) mass is 434 g/mol. The van der Waals surface area contributed by atoms with E-state index >= 15 is 0 Å². The summed E-state index contributed by atoms with van der Waals surface area (Å²) in [6.07, 6.45) is 13.5. The Morgan fingerprint density at radius 3 is 0.967 bits per heavy atom. The van der Waals surface area contributed by atoms with Crippen LogP contribution in [0.4, 0.5) is 0 Å². The van der Waals surface area contributed by atoms with Gasteiger partial charge in [-0.15, -0.1) is 0 Å². The minimum atomic E-state index is 0.580. The van der Waals surface area contributed by atoms with Crippen molar-refractivity contribution in [3.05, 3.63) is 0 Å². The van der Waals surface area contributed by atoms with E-state index in [0.717, 1.165) is 19.6 Å². The summed E-state index contributed by atoms with van der Waals surface area (Å²) >= 11 is 0. The largest absolute Gasteiger partial charge is 0.379 e. The molecule has 0 aliphatic heterocycles. The second kappa shape index (κ2) is 28.8. The lowest BCUT2D eigenvalue weighted by molar-refractivity contribution is -0.0163. The van der Waals surface area contributed by atoms with Crippen LogP contribution in [0, 0.1) is 0 Å². The van der Waals surface area contributed by atoms with Gasteiger partial charge in [0.05, 0.1) is 66.1 Å². The lowest BCUT2D eigenvalue weighted by atomic mass is 10.1. The predicted octanol–water partition coefficient (Wildman–Crippen LogP) is 5.03. The number of unbranched alkanes of at least 4 members (excludes halogenated alkanes) is 9. The van der Waals surface area contributed by atoms with Crippen molar-refractivity contribution in [3.8, 4) is 0 Å². The zero-order chi connectivity index (χ0) is 21.8. The highest BCUT2D eigenvalue weighted by Crippen LogP contribution is 2.10. The minimum Gasteiger partial charge on any atom is -0.379 e. The van der Waals surface area contributed by atoms with Crippen LogP contribution in [0.3, 0.4) is 0 Å². The van der Waals surface area contributed by atoms with Crippen LogP contribution in [-0.4, -0.2) is 79.3 Å². The molecule has 0 saturated heterocycles. The molecule has 0 saturated carbocycles. The van der Waals surface area contributed by atoms with Crippen LogP contribution in [0.2, 0.25) is 0 Å². The Kier molecular flexibility index (Phi) is 28.5. The predicted molar refractivity (Wildman–Crippen MR) is 122 cm³/mol. The lowest BCUT2D eigenvalue weighted by Crippen LogP contribution is -2.14. The van der Waals surface area contributed by atoms with E-state index in [4.69, 9.17) is 28.4 Å². The number of hydrogen-bond acceptors (Lipinski definition) is 6. The van der Waals surface area contributed by atoms with E-state index in [1.54, 1.807) is 0 Å². The third kappa shape index (κ3) is 27.8. The SMILES string of the molecule is CCCCCCCCCCCCOCCOCCOCCOCCOCCOCC. The zero-order valence-corrected chi connectivity index (χ0v) is 20.0. The van der Waals surface area contributed by atoms with Crippen molar-refractivity contribution in [2.75, 3.05) is 79.3 Å². The molecule has 0 N–H and O–H groups in total. The maximum Gasteiger partial charge on any atom is 0.0701 e. The van der Waals surface area contributed by atoms with Gasteiger partial charge in [-0.3, -0.25) is 0 Å². The van der Waals surface area contributed by atoms with Crippen molar-refractivity contribution in [2.45, 2.75) is 78.1 Å². The Balaban J connectivity index is 2.97. The van der Waals surface area contributed by atoms with Gasteiger partial charge in [0.25, 0.3) is 0 Å². The molecule has 182 valence electrons. The van der Waals surface area contributed by atoms with Crippen LogP contribution in [0.5, 0.6) is 0 Å². The van der Waals surface area contributed by atoms with Crippen molar-refractivity contribution in [3.63, 3.8) is 0 Å². The molecule has 0 unspecified atom stereocenters. The highest BCUT2D eigenvalue weighted by atomic mass is 16.6. The first-order chi connectivity index (χ1) is 14.9. The van der Waals surface area contributed by atoms with Crippen LogP contribution in [0.1, 0.15) is 78.1 Å². The molecule has 0 radical (unpaired) electrons. The maximum atomic E-state index is 5.61. The first-order valence-electron chi connectivity index (χ1n) is 12.4. The molecule has 0 rings (SSSR count). The summed E-state index contributed by atoms with van der Waals surface area (Å²) in [5.74, 6) is 0. The Hall–Kier alpha value is -0.240. The van der Waals surface area contributed by atoms with E-state index in [-0.39, 0.29) is 0 Å².